The van der Waals surface area contributed by atoms with Crippen LogP contribution in [0, 0.1) is 0 Å². The number of nitrogens with one attached hydrogen (secondary N) is 2. The summed E-state index contributed by atoms with van der Waals surface area (Å²) >= 11 is 1.69. The first-order valence-corrected chi connectivity index (χ1v) is 10.7. The van der Waals surface area contributed by atoms with E-state index in [-0.39, 0.29) is 11.4 Å². The van der Waals surface area contributed by atoms with Gasteiger partial charge in [-0.2, -0.15) is 0 Å². The zero-order valence-corrected chi connectivity index (χ0v) is 16.9. The molecular formula is C22H30N2O2S. The van der Waals surface area contributed by atoms with Gasteiger partial charge in [0, 0.05) is 28.3 Å². The third kappa shape index (κ3) is 5.33. The van der Waals surface area contributed by atoms with Crippen molar-refractivity contribution in [1.82, 2.24) is 10.6 Å². The van der Waals surface area contributed by atoms with Crippen molar-refractivity contribution in [2.45, 2.75) is 57.0 Å². The Bertz CT molecular complexity index is 721. The van der Waals surface area contributed by atoms with Crippen LogP contribution in [0.15, 0.2) is 42.5 Å². The molecule has 1 heterocycles. The van der Waals surface area contributed by atoms with Crippen molar-refractivity contribution in [1.29, 1.82) is 0 Å². The Morgan fingerprint density at radius 2 is 1.89 bits per heavy atom. The van der Waals surface area contributed by atoms with Crippen LogP contribution in [0.1, 0.15) is 60.4 Å². The quantitative estimate of drug-likeness (QED) is 0.583. The number of urea groups is 1. The second-order valence-electron chi connectivity index (χ2n) is 7.56. The minimum Gasteiger partial charge on any atom is -0.388 e. The predicted octanol–water partition coefficient (Wildman–Crippen LogP) is 4.55. The number of carbonyl (C=O) groups is 1. The van der Waals surface area contributed by atoms with Crippen LogP contribution in [-0.2, 0) is 11.8 Å². The molecule has 1 aliphatic carbocycles. The molecule has 1 saturated carbocycles. The Hall–Kier alpha value is -1.85. The summed E-state index contributed by atoms with van der Waals surface area (Å²) in [6.45, 7) is 3.15. The van der Waals surface area contributed by atoms with Gasteiger partial charge < -0.3 is 15.7 Å². The Balaban J connectivity index is 1.46. The third-order valence-corrected chi connectivity index (χ3v) is 6.98. The average molecular weight is 387 g/mol. The van der Waals surface area contributed by atoms with Crippen molar-refractivity contribution in [3.63, 3.8) is 0 Å². The summed E-state index contributed by atoms with van der Waals surface area (Å²) in [5.74, 6) is 0. The van der Waals surface area contributed by atoms with Crippen LogP contribution in [0.4, 0.5) is 4.79 Å². The van der Waals surface area contributed by atoms with Crippen LogP contribution in [0.2, 0.25) is 0 Å². The Labute approximate surface area is 166 Å². The highest BCUT2D eigenvalue weighted by molar-refractivity contribution is 7.12. The van der Waals surface area contributed by atoms with Crippen molar-refractivity contribution in [2.24, 2.45) is 0 Å². The van der Waals surface area contributed by atoms with Crippen LogP contribution in [0.5, 0.6) is 0 Å². The molecule has 1 aromatic carbocycles. The summed E-state index contributed by atoms with van der Waals surface area (Å²) in [4.78, 5) is 14.5. The first-order valence-electron chi connectivity index (χ1n) is 9.93. The van der Waals surface area contributed by atoms with E-state index in [9.17, 15) is 9.90 Å². The van der Waals surface area contributed by atoms with E-state index in [1.807, 2.05) is 24.3 Å². The minimum absolute atomic E-state index is 0.0270. The molecule has 0 aliphatic heterocycles. The fourth-order valence-corrected chi connectivity index (χ4v) is 5.06. The molecule has 1 atom stereocenters. The molecule has 1 unspecified atom stereocenters. The van der Waals surface area contributed by atoms with E-state index >= 15 is 0 Å². The minimum atomic E-state index is -0.428. The number of aryl methyl sites for hydroxylation is 1. The largest absolute Gasteiger partial charge is 0.388 e. The molecule has 1 aliphatic rings. The second-order valence-corrected chi connectivity index (χ2v) is 8.68. The first kappa shape index (κ1) is 19.9. The van der Waals surface area contributed by atoms with Crippen LogP contribution < -0.4 is 10.6 Å². The van der Waals surface area contributed by atoms with Crippen molar-refractivity contribution < 1.29 is 9.90 Å². The van der Waals surface area contributed by atoms with Gasteiger partial charge in [-0.05, 0) is 50.3 Å². The normalized spacial score (nSPS) is 16.8. The van der Waals surface area contributed by atoms with Gasteiger partial charge in [0.15, 0.2) is 0 Å². The van der Waals surface area contributed by atoms with Gasteiger partial charge in [-0.15, -0.1) is 11.3 Å². The van der Waals surface area contributed by atoms with Gasteiger partial charge in [0.1, 0.15) is 0 Å². The Morgan fingerprint density at radius 3 is 2.56 bits per heavy atom. The number of thiophene rings is 1. The molecule has 27 heavy (non-hydrogen) atoms. The van der Waals surface area contributed by atoms with E-state index in [4.69, 9.17) is 0 Å². The molecule has 0 bridgehead atoms. The molecule has 0 saturated heterocycles. The predicted molar refractivity (Wildman–Crippen MR) is 111 cm³/mol. The molecule has 3 N–H and O–H groups in total. The SMILES string of the molecule is CC(O)c1ccc(C2(CNC(=O)NCCCc3ccccc3)CCCC2)s1. The van der Waals surface area contributed by atoms with Crippen molar-refractivity contribution in [2.75, 3.05) is 13.1 Å². The van der Waals surface area contributed by atoms with Crippen LogP contribution >= 0.6 is 11.3 Å². The van der Waals surface area contributed by atoms with E-state index in [2.05, 4.69) is 28.8 Å². The molecule has 2 amide bonds. The topological polar surface area (TPSA) is 61.4 Å². The monoisotopic (exact) mass is 386 g/mol. The molecule has 5 heteroatoms. The maximum Gasteiger partial charge on any atom is 0.314 e. The van der Waals surface area contributed by atoms with E-state index in [0.29, 0.717) is 13.1 Å². The maximum atomic E-state index is 12.2. The number of hydrogen-bond acceptors (Lipinski definition) is 3. The maximum absolute atomic E-state index is 12.2. The van der Waals surface area contributed by atoms with Gasteiger partial charge in [0.25, 0.3) is 0 Å². The zero-order valence-electron chi connectivity index (χ0n) is 16.0. The van der Waals surface area contributed by atoms with Gasteiger partial charge in [0.2, 0.25) is 0 Å². The Kier molecular flexibility index (Phi) is 6.91. The summed E-state index contributed by atoms with van der Waals surface area (Å²) < 4.78 is 0. The molecule has 0 spiro atoms. The first-order chi connectivity index (χ1) is 13.1. The summed E-state index contributed by atoms with van der Waals surface area (Å²) in [5, 5.41) is 15.9. The Morgan fingerprint density at radius 1 is 1.15 bits per heavy atom. The second kappa shape index (κ2) is 9.38. The van der Waals surface area contributed by atoms with Crippen molar-refractivity contribution in [3.05, 3.63) is 57.8 Å². The van der Waals surface area contributed by atoms with Gasteiger partial charge in [-0.3, -0.25) is 0 Å². The number of rotatable bonds is 8. The number of carbonyl (C=O) groups excluding carboxylic acids is 1. The van der Waals surface area contributed by atoms with E-state index in [0.717, 1.165) is 30.6 Å². The molecule has 0 radical (unpaired) electrons. The third-order valence-electron chi connectivity index (χ3n) is 5.48. The summed E-state index contributed by atoms with van der Waals surface area (Å²) in [6, 6.07) is 14.4. The van der Waals surface area contributed by atoms with Gasteiger partial charge in [-0.25, -0.2) is 4.79 Å². The lowest BCUT2D eigenvalue weighted by atomic mass is 9.84. The number of aliphatic hydroxyl groups is 1. The number of hydrogen-bond donors (Lipinski definition) is 3. The summed E-state index contributed by atoms with van der Waals surface area (Å²) in [6.07, 6.45) is 6.07. The standard InChI is InChI=1S/C22H30N2O2S/c1-17(25)19-11-12-20(27-19)22(13-5-6-14-22)16-24-21(26)23-15-7-10-18-8-3-2-4-9-18/h2-4,8-9,11-12,17,25H,5-7,10,13-16H2,1H3,(H2,23,24,26). The lowest BCUT2D eigenvalue weighted by Gasteiger charge is -2.28. The van der Waals surface area contributed by atoms with Crippen molar-refractivity contribution >= 4 is 17.4 Å². The van der Waals surface area contributed by atoms with E-state index in [1.165, 1.54) is 23.3 Å². The lowest BCUT2D eigenvalue weighted by molar-refractivity contribution is 0.203. The lowest BCUT2D eigenvalue weighted by Crippen LogP contribution is -2.43. The fraction of sp³-hybridized carbons (Fsp3) is 0.500. The number of aliphatic hydroxyl groups excluding tert-OH is 1. The fourth-order valence-electron chi connectivity index (χ4n) is 3.88. The molecular weight excluding hydrogens is 356 g/mol. The van der Waals surface area contributed by atoms with Gasteiger partial charge in [0.05, 0.1) is 6.10 Å². The smallest absolute Gasteiger partial charge is 0.314 e. The van der Waals surface area contributed by atoms with E-state index < -0.39 is 6.10 Å². The highest BCUT2D eigenvalue weighted by Gasteiger charge is 2.37. The summed E-state index contributed by atoms with van der Waals surface area (Å²) in [5.41, 5.74) is 1.33. The van der Waals surface area contributed by atoms with Crippen LogP contribution in [0.3, 0.4) is 0 Å². The molecule has 4 nitrogen and oxygen atoms in total. The van der Waals surface area contributed by atoms with Gasteiger partial charge >= 0.3 is 6.03 Å². The highest BCUT2D eigenvalue weighted by Crippen LogP contribution is 2.44. The molecule has 146 valence electrons. The molecule has 1 fully saturated rings. The summed E-state index contributed by atoms with van der Waals surface area (Å²) in [7, 11) is 0. The van der Waals surface area contributed by atoms with E-state index in [1.54, 1.807) is 18.3 Å². The molecule has 1 aromatic heterocycles. The van der Waals surface area contributed by atoms with Gasteiger partial charge in [-0.1, -0.05) is 43.2 Å². The number of amides is 2. The average Bonchev–Trinajstić information content (AvgIpc) is 3.35. The zero-order chi connectivity index (χ0) is 19.1. The van der Waals surface area contributed by atoms with Crippen LogP contribution in [-0.4, -0.2) is 24.2 Å². The molecule has 2 aromatic rings. The highest BCUT2D eigenvalue weighted by atomic mass is 32.1. The number of benzene rings is 1. The molecule has 3 rings (SSSR count). The van der Waals surface area contributed by atoms with Crippen molar-refractivity contribution in [3.8, 4) is 0 Å². The van der Waals surface area contributed by atoms with Crippen LogP contribution in [0.25, 0.3) is 0 Å².